The van der Waals surface area contributed by atoms with Gasteiger partial charge in [-0.1, -0.05) is 11.6 Å². The number of aliphatic hydroxyl groups is 1. The maximum atomic E-state index is 9.54. The van der Waals surface area contributed by atoms with Gasteiger partial charge in [-0.3, -0.25) is 4.90 Å². The number of halogens is 1. The maximum absolute atomic E-state index is 9.54. The third-order valence-electron chi connectivity index (χ3n) is 5.20. The Labute approximate surface area is 129 Å². The number of likely N-dealkylation sites (tertiary alicyclic amines) is 1. The van der Waals surface area contributed by atoms with E-state index in [-0.39, 0.29) is 6.10 Å². The van der Waals surface area contributed by atoms with Crippen molar-refractivity contribution in [3.63, 3.8) is 0 Å². The van der Waals surface area contributed by atoms with Crippen molar-refractivity contribution >= 4 is 22.5 Å². The number of rotatable bonds is 2. The normalized spacial score (nSPS) is 22.8. The zero-order valence-electron chi connectivity index (χ0n) is 12.0. The number of hydrogen-bond donors (Lipinski definition) is 2. The average Bonchev–Trinajstić information content (AvgIpc) is 2.84. The molecule has 0 radical (unpaired) electrons. The Morgan fingerprint density at radius 1 is 1.38 bits per heavy atom. The second-order valence-corrected chi connectivity index (χ2v) is 7.05. The first kappa shape index (κ1) is 13.6. The van der Waals surface area contributed by atoms with Gasteiger partial charge in [-0.25, -0.2) is 4.98 Å². The molecule has 1 aliphatic carbocycles. The quantitative estimate of drug-likeness (QED) is 0.839. The van der Waals surface area contributed by atoms with E-state index in [4.69, 9.17) is 11.6 Å². The lowest BCUT2D eigenvalue weighted by Crippen LogP contribution is -2.48. The van der Waals surface area contributed by atoms with Gasteiger partial charge >= 0.3 is 0 Å². The fourth-order valence-corrected chi connectivity index (χ4v) is 4.15. The number of piperidine rings is 1. The molecule has 4 rings (SSSR count). The van der Waals surface area contributed by atoms with Crippen molar-refractivity contribution in [2.24, 2.45) is 5.41 Å². The summed E-state index contributed by atoms with van der Waals surface area (Å²) in [5, 5.41) is 11.1. The molecule has 2 fully saturated rings. The first-order chi connectivity index (χ1) is 10.1. The molecule has 5 heteroatoms. The molecule has 4 nitrogen and oxygen atoms in total. The summed E-state index contributed by atoms with van der Waals surface area (Å²) in [6.45, 7) is 3.17. The molecule has 2 N–H and O–H groups in total. The van der Waals surface area contributed by atoms with Crippen LogP contribution >= 0.6 is 11.6 Å². The van der Waals surface area contributed by atoms with E-state index >= 15 is 0 Å². The maximum Gasteiger partial charge on any atom is 0.138 e. The fraction of sp³-hybridized carbons (Fsp3) is 0.562. The summed E-state index contributed by atoms with van der Waals surface area (Å²) < 4.78 is 0. The summed E-state index contributed by atoms with van der Waals surface area (Å²) >= 11 is 6.12. The number of hydrogen-bond acceptors (Lipinski definition) is 3. The van der Waals surface area contributed by atoms with Gasteiger partial charge in [0.15, 0.2) is 0 Å². The molecule has 21 heavy (non-hydrogen) atoms. The van der Waals surface area contributed by atoms with Gasteiger partial charge in [0, 0.05) is 23.8 Å². The van der Waals surface area contributed by atoms with E-state index in [1.165, 1.54) is 18.5 Å². The van der Waals surface area contributed by atoms with E-state index in [0.717, 1.165) is 43.4 Å². The third-order valence-corrected chi connectivity index (χ3v) is 5.50. The first-order valence-electron chi connectivity index (χ1n) is 7.66. The van der Waals surface area contributed by atoms with Crippen molar-refractivity contribution in [3.05, 3.63) is 29.2 Å². The van der Waals surface area contributed by atoms with Gasteiger partial charge in [0.05, 0.1) is 11.6 Å². The molecule has 0 atom stereocenters. The zero-order chi connectivity index (χ0) is 14.4. The van der Waals surface area contributed by atoms with Crippen LogP contribution in [0, 0.1) is 5.41 Å². The van der Waals surface area contributed by atoms with Crippen LogP contribution in [0.5, 0.6) is 0 Å². The van der Waals surface area contributed by atoms with Crippen LogP contribution in [0.3, 0.4) is 0 Å². The molecule has 2 aromatic rings. The number of aromatic nitrogens is 2. The summed E-state index contributed by atoms with van der Waals surface area (Å²) in [6.07, 6.45) is 6.14. The fourth-order valence-electron chi connectivity index (χ4n) is 3.94. The van der Waals surface area contributed by atoms with E-state index in [0.29, 0.717) is 10.6 Å². The van der Waals surface area contributed by atoms with Gasteiger partial charge in [0.2, 0.25) is 0 Å². The van der Waals surface area contributed by atoms with Crippen LogP contribution in [0.25, 0.3) is 10.9 Å². The monoisotopic (exact) mass is 305 g/mol. The molecule has 0 unspecified atom stereocenters. The molecule has 2 aliphatic rings. The smallest absolute Gasteiger partial charge is 0.138 e. The Balaban J connectivity index is 1.43. The number of pyridine rings is 1. The minimum Gasteiger partial charge on any atom is -0.393 e. The Hall–Kier alpha value is -1.10. The minimum absolute atomic E-state index is 0.0418. The van der Waals surface area contributed by atoms with Crippen molar-refractivity contribution < 1.29 is 5.11 Å². The predicted octanol–water partition coefficient (Wildman–Crippen LogP) is 2.95. The van der Waals surface area contributed by atoms with Crippen molar-refractivity contribution in [3.8, 4) is 0 Å². The summed E-state index contributed by atoms with van der Waals surface area (Å²) in [7, 11) is 0. The zero-order valence-corrected chi connectivity index (χ0v) is 12.7. The second kappa shape index (κ2) is 4.97. The first-order valence-corrected chi connectivity index (χ1v) is 8.04. The number of aromatic amines is 1. The van der Waals surface area contributed by atoms with Crippen LogP contribution < -0.4 is 0 Å². The van der Waals surface area contributed by atoms with Gasteiger partial charge in [-0.15, -0.1) is 0 Å². The molecule has 0 amide bonds. The average molecular weight is 306 g/mol. The number of nitrogens with zero attached hydrogens (tertiary/aromatic N) is 2. The Bertz CT molecular complexity index is 653. The molecule has 2 aromatic heterocycles. The van der Waals surface area contributed by atoms with Gasteiger partial charge < -0.3 is 10.1 Å². The molecular formula is C16H20ClN3O. The standard InChI is InChI=1S/C16H20ClN3O/c17-15-13-7-11(19-14(13)1-4-18-15)10-20-5-2-16(3-6-20)8-12(21)9-16/h1,4,7,12,19,21H,2-3,5-6,8-10H2. The molecule has 1 saturated carbocycles. The van der Waals surface area contributed by atoms with Crippen molar-refractivity contribution in [2.75, 3.05) is 13.1 Å². The lowest BCUT2D eigenvalue weighted by Gasteiger charge is -2.50. The largest absolute Gasteiger partial charge is 0.393 e. The molecular weight excluding hydrogens is 286 g/mol. The van der Waals surface area contributed by atoms with E-state index in [9.17, 15) is 5.11 Å². The summed E-state index contributed by atoms with van der Waals surface area (Å²) in [5.74, 6) is 0. The lowest BCUT2D eigenvalue weighted by atomic mass is 9.61. The van der Waals surface area contributed by atoms with Gasteiger partial charge in [0.1, 0.15) is 5.15 Å². The summed E-state index contributed by atoms with van der Waals surface area (Å²) in [6, 6.07) is 4.08. The Morgan fingerprint density at radius 3 is 2.81 bits per heavy atom. The van der Waals surface area contributed by atoms with Crippen LogP contribution in [-0.4, -0.2) is 39.2 Å². The SMILES string of the molecule is OC1CC2(CCN(Cc3cc4c(Cl)nccc4[nH]3)CC2)C1. The highest BCUT2D eigenvalue weighted by Crippen LogP contribution is 2.49. The van der Waals surface area contributed by atoms with Crippen molar-refractivity contribution in [1.29, 1.82) is 0 Å². The van der Waals surface area contributed by atoms with E-state index in [1.54, 1.807) is 6.20 Å². The molecule has 112 valence electrons. The van der Waals surface area contributed by atoms with Gasteiger partial charge in [-0.2, -0.15) is 0 Å². The van der Waals surface area contributed by atoms with E-state index in [2.05, 4.69) is 20.9 Å². The number of fused-ring (bicyclic) bond motifs is 1. The van der Waals surface area contributed by atoms with E-state index in [1.807, 2.05) is 6.07 Å². The summed E-state index contributed by atoms with van der Waals surface area (Å²) in [4.78, 5) is 10.0. The van der Waals surface area contributed by atoms with Crippen LogP contribution in [-0.2, 0) is 6.54 Å². The van der Waals surface area contributed by atoms with Crippen LogP contribution in [0.4, 0.5) is 0 Å². The van der Waals surface area contributed by atoms with Crippen LogP contribution in [0.2, 0.25) is 5.15 Å². The Morgan fingerprint density at radius 2 is 2.14 bits per heavy atom. The topological polar surface area (TPSA) is 52.1 Å². The van der Waals surface area contributed by atoms with Crippen molar-refractivity contribution in [2.45, 2.75) is 38.3 Å². The Kier molecular flexibility index (Phi) is 3.21. The molecule has 0 bridgehead atoms. The predicted molar refractivity (Wildman–Crippen MR) is 83.3 cm³/mol. The molecule has 1 saturated heterocycles. The minimum atomic E-state index is -0.0418. The van der Waals surface area contributed by atoms with Crippen LogP contribution in [0.15, 0.2) is 18.3 Å². The third kappa shape index (κ3) is 2.45. The van der Waals surface area contributed by atoms with Gasteiger partial charge in [-0.05, 0) is 56.3 Å². The lowest BCUT2D eigenvalue weighted by molar-refractivity contribution is -0.0691. The molecule has 1 spiro atoms. The van der Waals surface area contributed by atoms with Crippen molar-refractivity contribution in [1.82, 2.24) is 14.9 Å². The second-order valence-electron chi connectivity index (χ2n) is 6.70. The number of aliphatic hydroxyl groups excluding tert-OH is 1. The molecule has 3 heterocycles. The molecule has 0 aromatic carbocycles. The summed E-state index contributed by atoms with van der Waals surface area (Å²) in [5.41, 5.74) is 2.70. The van der Waals surface area contributed by atoms with Crippen LogP contribution in [0.1, 0.15) is 31.4 Å². The van der Waals surface area contributed by atoms with Gasteiger partial charge in [0.25, 0.3) is 0 Å². The highest BCUT2D eigenvalue weighted by Gasteiger charge is 2.44. The highest BCUT2D eigenvalue weighted by atomic mass is 35.5. The number of H-pyrrole nitrogens is 1. The number of nitrogens with one attached hydrogen (secondary N) is 1. The molecule has 1 aliphatic heterocycles. The highest BCUT2D eigenvalue weighted by molar-refractivity contribution is 6.34. The van der Waals surface area contributed by atoms with E-state index < -0.39 is 0 Å².